The number of ether oxygens (including phenoxy) is 1. The highest BCUT2D eigenvalue weighted by Crippen LogP contribution is 2.53. The molecule has 0 saturated carbocycles. The van der Waals surface area contributed by atoms with E-state index >= 15 is 0 Å². The zero-order valence-electron chi connectivity index (χ0n) is 17.0. The van der Waals surface area contributed by atoms with Gasteiger partial charge < -0.3 is 19.1 Å². The molecule has 31 heavy (non-hydrogen) atoms. The first-order valence-electron chi connectivity index (χ1n) is 9.48. The Balaban J connectivity index is 2.26. The highest BCUT2D eigenvalue weighted by molar-refractivity contribution is 7.54. The van der Waals surface area contributed by atoms with E-state index in [4.69, 9.17) is 48.6 Å². The van der Waals surface area contributed by atoms with E-state index in [9.17, 15) is 14.2 Å². The molecule has 0 spiro atoms. The summed E-state index contributed by atoms with van der Waals surface area (Å²) in [7, 11) is -3.90. The number of Topliss-reactive ketones (excluding diaryl/α,β-unsaturated/α-hetero) is 1. The molecule has 170 valence electrons. The average molecular weight is 511 g/mol. The lowest BCUT2D eigenvalue weighted by molar-refractivity contribution is 0.0965. The molecule has 0 fully saturated rings. The van der Waals surface area contributed by atoms with Crippen LogP contribution in [0.2, 0.25) is 0 Å². The molecule has 0 aromatic heterocycles. The Morgan fingerprint density at radius 3 is 2.23 bits per heavy atom. The van der Waals surface area contributed by atoms with Crippen molar-refractivity contribution < 1.29 is 27.9 Å². The lowest BCUT2D eigenvalue weighted by Gasteiger charge is -2.26. The van der Waals surface area contributed by atoms with Crippen LogP contribution in [0.4, 0.5) is 4.79 Å². The fourth-order valence-corrected chi connectivity index (χ4v) is 4.77. The molecule has 2 aromatic rings. The van der Waals surface area contributed by atoms with Crippen molar-refractivity contribution in [1.29, 1.82) is 0 Å². The summed E-state index contributed by atoms with van der Waals surface area (Å²) in [5.41, 5.74) is 0.389. The highest BCUT2D eigenvalue weighted by atomic mass is 35.6. The van der Waals surface area contributed by atoms with Gasteiger partial charge in [0.25, 0.3) is 0 Å². The number of halogens is 3. The smallest absolute Gasteiger partial charge is 0.408 e. The molecule has 11 heteroatoms. The number of benzene rings is 2. The normalized spacial score (nSPS) is 13.1. The van der Waals surface area contributed by atoms with Gasteiger partial charge in [-0.2, -0.15) is 0 Å². The number of rotatable bonds is 10. The first kappa shape index (κ1) is 25.9. The molecule has 0 saturated heterocycles. The standard InChI is InChI=1S/C20H23Cl3NO6P/c1-3-29-31(27,30-4-2)18(24-19(26)28-13-20(21,22)23)12-17(25)16-10-9-14-7-5-6-8-15(14)11-16/h5-11,18H,3-4,12-13H2,1-2H3,(H,24,26)/t18-/m0/s1. The van der Waals surface area contributed by atoms with Gasteiger partial charge >= 0.3 is 13.7 Å². The number of hydrogen-bond acceptors (Lipinski definition) is 6. The molecule has 1 N–H and O–H groups in total. The van der Waals surface area contributed by atoms with Gasteiger partial charge in [0, 0.05) is 12.0 Å². The second-order valence-corrected chi connectivity index (χ2v) is 11.2. The van der Waals surface area contributed by atoms with Crippen molar-refractivity contribution in [2.24, 2.45) is 0 Å². The number of nitrogens with one attached hydrogen (secondary N) is 1. The monoisotopic (exact) mass is 509 g/mol. The summed E-state index contributed by atoms with van der Waals surface area (Å²) >= 11 is 16.7. The third kappa shape index (κ3) is 7.94. The molecule has 1 amide bonds. The van der Waals surface area contributed by atoms with Gasteiger partial charge in [0.05, 0.1) is 13.2 Å². The van der Waals surface area contributed by atoms with Crippen LogP contribution in [0, 0.1) is 0 Å². The van der Waals surface area contributed by atoms with E-state index in [2.05, 4.69) is 5.32 Å². The van der Waals surface area contributed by atoms with Gasteiger partial charge in [-0.15, -0.1) is 0 Å². The van der Waals surface area contributed by atoms with Crippen LogP contribution >= 0.6 is 42.4 Å². The third-order valence-corrected chi connectivity index (χ3v) is 6.74. The minimum Gasteiger partial charge on any atom is -0.445 e. The van der Waals surface area contributed by atoms with Crippen molar-refractivity contribution in [2.75, 3.05) is 19.8 Å². The van der Waals surface area contributed by atoms with Crippen molar-refractivity contribution in [3.05, 3.63) is 48.0 Å². The second kappa shape index (κ2) is 11.5. The molecule has 0 unspecified atom stereocenters. The number of fused-ring (bicyclic) bond motifs is 1. The maximum atomic E-state index is 13.3. The topological polar surface area (TPSA) is 90.9 Å². The Kier molecular flexibility index (Phi) is 9.62. The quantitative estimate of drug-likeness (QED) is 0.236. The van der Waals surface area contributed by atoms with Crippen LogP contribution in [-0.2, 0) is 18.3 Å². The van der Waals surface area contributed by atoms with Crippen molar-refractivity contribution in [3.8, 4) is 0 Å². The number of carbonyl (C=O) groups excluding carboxylic acids is 2. The minimum absolute atomic E-state index is 0.0445. The molecular weight excluding hydrogens is 488 g/mol. The maximum Gasteiger partial charge on any atom is 0.408 e. The lowest BCUT2D eigenvalue weighted by Crippen LogP contribution is -2.39. The number of alkyl carbamates (subject to hydrolysis) is 1. The Labute approximate surface area is 195 Å². The fourth-order valence-electron chi connectivity index (χ4n) is 2.80. The van der Waals surface area contributed by atoms with Gasteiger partial charge in [-0.25, -0.2) is 4.79 Å². The Hall–Kier alpha value is -1.34. The largest absolute Gasteiger partial charge is 0.445 e. The summed E-state index contributed by atoms with van der Waals surface area (Å²) in [5, 5.41) is 4.21. The van der Waals surface area contributed by atoms with E-state index in [-0.39, 0.29) is 25.4 Å². The zero-order valence-corrected chi connectivity index (χ0v) is 20.1. The van der Waals surface area contributed by atoms with Crippen molar-refractivity contribution >= 4 is 65.0 Å². The average Bonchev–Trinajstić information content (AvgIpc) is 2.71. The summed E-state index contributed by atoms with van der Waals surface area (Å²) in [6.45, 7) is 2.79. The number of alkyl halides is 3. The SMILES string of the molecule is CCOP(=O)(OCC)[C@@H](CC(=O)c1ccc2ccccc2c1)NC(=O)OCC(Cl)(Cl)Cl. The van der Waals surface area contributed by atoms with Crippen molar-refractivity contribution in [1.82, 2.24) is 5.32 Å². The minimum atomic E-state index is -3.90. The first-order valence-corrected chi connectivity index (χ1v) is 12.2. The highest BCUT2D eigenvalue weighted by Gasteiger charge is 2.39. The Morgan fingerprint density at radius 1 is 1.03 bits per heavy atom. The summed E-state index contributed by atoms with van der Waals surface area (Å²) in [4.78, 5) is 25.2. The van der Waals surface area contributed by atoms with E-state index in [0.717, 1.165) is 10.8 Å². The fraction of sp³-hybridized carbons (Fsp3) is 0.400. The summed E-state index contributed by atoms with van der Waals surface area (Å²) in [5.74, 6) is -1.66. The van der Waals surface area contributed by atoms with E-state index < -0.39 is 29.9 Å². The molecule has 2 aromatic carbocycles. The van der Waals surface area contributed by atoms with E-state index in [1.54, 1.807) is 26.0 Å². The van der Waals surface area contributed by atoms with Crippen molar-refractivity contribution in [2.45, 2.75) is 29.8 Å². The lowest BCUT2D eigenvalue weighted by atomic mass is 10.0. The van der Waals surface area contributed by atoms with Crippen molar-refractivity contribution in [3.63, 3.8) is 0 Å². The molecule has 0 radical (unpaired) electrons. The molecule has 0 aliphatic carbocycles. The van der Waals surface area contributed by atoms with Gasteiger partial charge in [0.15, 0.2) is 5.78 Å². The number of hydrogen-bond donors (Lipinski definition) is 1. The van der Waals surface area contributed by atoms with Gasteiger partial charge in [-0.05, 0) is 30.7 Å². The summed E-state index contributed by atoms with van der Waals surface area (Å²) in [6, 6.07) is 12.8. The van der Waals surface area contributed by atoms with E-state index in [1.807, 2.05) is 30.3 Å². The second-order valence-electron chi connectivity index (χ2n) is 6.42. The molecule has 2 rings (SSSR count). The van der Waals surface area contributed by atoms with E-state index in [0.29, 0.717) is 5.56 Å². The van der Waals surface area contributed by atoms with Crippen LogP contribution in [0.3, 0.4) is 0 Å². The number of ketones is 1. The van der Waals surface area contributed by atoms with Crippen LogP contribution in [0.15, 0.2) is 42.5 Å². The van der Waals surface area contributed by atoms with Gasteiger partial charge in [-0.3, -0.25) is 9.36 Å². The Morgan fingerprint density at radius 2 is 1.65 bits per heavy atom. The van der Waals surface area contributed by atoms with Crippen LogP contribution in [0.25, 0.3) is 10.8 Å². The maximum absolute atomic E-state index is 13.3. The van der Waals surface area contributed by atoms with Gasteiger partial charge in [-0.1, -0.05) is 71.2 Å². The van der Waals surface area contributed by atoms with Gasteiger partial charge in [0.2, 0.25) is 3.79 Å². The van der Waals surface area contributed by atoms with Crippen LogP contribution in [-0.4, -0.2) is 41.3 Å². The molecule has 0 aliphatic heterocycles. The van der Waals surface area contributed by atoms with Crippen LogP contribution < -0.4 is 5.32 Å². The summed E-state index contributed by atoms with van der Waals surface area (Å²) < 4.78 is 26.9. The molecule has 1 atom stereocenters. The number of amides is 1. The first-order chi connectivity index (χ1) is 14.6. The van der Waals surface area contributed by atoms with Crippen LogP contribution in [0.1, 0.15) is 30.6 Å². The summed E-state index contributed by atoms with van der Waals surface area (Å²) in [6.07, 6.45) is -1.37. The van der Waals surface area contributed by atoms with Gasteiger partial charge in [0.1, 0.15) is 12.4 Å². The van der Waals surface area contributed by atoms with Crippen LogP contribution in [0.5, 0.6) is 0 Å². The van der Waals surface area contributed by atoms with E-state index in [1.165, 1.54) is 0 Å². The zero-order chi connectivity index (χ0) is 23.1. The Bertz CT molecular complexity index is 955. The molecule has 0 bridgehead atoms. The molecule has 0 heterocycles. The predicted molar refractivity (Wildman–Crippen MR) is 122 cm³/mol. The predicted octanol–water partition coefficient (Wildman–Crippen LogP) is 6.10. The molecule has 7 nitrogen and oxygen atoms in total. The molecular formula is C20H23Cl3NO6P. The molecule has 0 aliphatic rings. The third-order valence-electron chi connectivity index (χ3n) is 4.10. The number of carbonyl (C=O) groups is 2.